The first kappa shape index (κ1) is 42.5. The quantitative estimate of drug-likeness (QED) is 0.0548. The molecule has 48 heavy (non-hydrogen) atoms. The number of amides is 2. The number of nitrogens with two attached hydrogens (primary N) is 1. The standard InChI is InChI=1S/C40H63N3O5/c1-4-7-8-9-10-11-12-13-14-15-16-17-18-19-20-21-22-23-24-28-38(44)42-29-26-25-27-37(40(46)47)43-39(45)33-30-34(41)32-36(31-33)48-35(5-2)6-3/h7-8,10-11,13-14,16-17,19-20,22-23,31,34-37H,4-6,9,12,15,18,21,24-30,32,41H2,1-3H3,(H,42,44)(H,43,45)(H,46,47)/b8-7-,11-10-,14-13-,17-16-,20-19-,23-22-. The van der Waals surface area contributed by atoms with Crippen LogP contribution in [0.5, 0.6) is 0 Å². The van der Waals surface area contributed by atoms with Gasteiger partial charge in [0.15, 0.2) is 0 Å². The van der Waals surface area contributed by atoms with E-state index in [1.165, 1.54) is 0 Å². The highest BCUT2D eigenvalue weighted by atomic mass is 16.5. The van der Waals surface area contributed by atoms with Gasteiger partial charge in [-0.3, -0.25) is 9.59 Å². The van der Waals surface area contributed by atoms with E-state index in [1.807, 2.05) is 6.08 Å². The van der Waals surface area contributed by atoms with Crippen molar-refractivity contribution in [2.24, 2.45) is 5.73 Å². The summed E-state index contributed by atoms with van der Waals surface area (Å²) in [5.74, 6) is -1.50. The number of carbonyl (C=O) groups is 3. The lowest BCUT2D eigenvalue weighted by atomic mass is 9.92. The Labute approximate surface area is 290 Å². The Bertz CT molecular complexity index is 1110. The fourth-order valence-electron chi connectivity index (χ4n) is 5.17. The lowest BCUT2D eigenvalue weighted by Gasteiger charge is -2.29. The first-order chi connectivity index (χ1) is 23.3. The van der Waals surface area contributed by atoms with Gasteiger partial charge in [-0.25, -0.2) is 4.79 Å². The number of aliphatic carboxylic acids is 1. The summed E-state index contributed by atoms with van der Waals surface area (Å²) in [5.41, 5.74) is 6.66. The largest absolute Gasteiger partial charge is 0.480 e. The number of allylic oxidation sites excluding steroid dienone is 12. The maximum absolute atomic E-state index is 12.9. The molecule has 0 bridgehead atoms. The van der Waals surface area contributed by atoms with Gasteiger partial charge in [0.2, 0.25) is 11.8 Å². The molecule has 0 fully saturated rings. The third-order valence-electron chi connectivity index (χ3n) is 7.95. The number of carbonyl (C=O) groups excluding carboxylic acids is 2. The smallest absolute Gasteiger partial charge is 0.326 e. The van der Waals surface area contributed by atoms with Gasteiger partial charge < -0.3 is 26.2 Å². The number of nitrogens with one attached hydrogen (secondary N) is 2. The first-order valence-electron chi connectivity index (χ1n) is 18.1. The maximum atomic E-state index is 12.9. The Morgan fingerprint density at radius 1 is 0.854 bits per heavy atom. The summed E-state index contributed by atoms with van der Waals surface area (Å²) in [5, 5.41) is 15.2. The van der Waals surface area contributed by atoms with Crippen LogP contribution in [0.25, 0.3) is 0 Å². The van der Waals surface area contributed by atoms with Crippen molar-refractivity contribution < 1.29 is 24.2 Å². The molecule has 0 saturated heterocycles. The van der Waals surface area contributed by atoms with Gasteiger partial charge in [0, 0.05) is 24.6 Å². The molecule has 0 spiro atoms. The van der Waals surface area contributed by atoms with Crippen LogP contribution in [0.15, 0.2) is 84.6 Å². The second-order valence-electron chi connectivity index (χ2n) is 12.2. The molecule has 0 aliphatic heterocycles. The van der Waals surface area contributed by atoms with Crippen LogP contribution in [0.1, 0.15) is 117 Å². The predicted octanol–water partition coefficient (Wildman–Crippen LogP) is 7.94. The van der Waals surface area contributed by atoms with Gasteiger partial charge in [0.25, 0.3) is 0 Å². The Kier molecular flexibility index (Phi) is 25.3. The number of carboxylic acids is 1. The SMILES string of the molecule is CC/C=C\C/C=C\C/C=C\C/C=C\C/C=C\C/C=C\CCC(=O)NCCCCC(NC(=O)C1=CC(OC(CC)CC)CC(N)C1)C(=O)O. The molecule has 1 aliphatic carbocycles. The molecule has 0 radical (unpaired) electrons. The normalized spacial score (nSPS) is 17.9. The van der Waals surface area contributed by atoms with Crippen LogP contribution in [0, 0.1) is 0 Å². The van der Waals surface area contributed by atoms with Crippen molar-refractivity contribution >= 4 is 17.8 Å². The second-order valence-corrected chi connectivity index (χ2v) is 12.2. The van der Waals surface area contributed by atoms with Gasteiger partial charge in [-0.1, -0.05) is 93.7 Å². The fourth-order valence-corrected chi connectivity index (χ4v) is 5.17. The van der Waals surface area contributed by atoms with E-state index >= 15 is 0 Å². The maximum Gasteiger partial charge on any atom is 0.326 e. The molecular weight excluding hydrogens is 602 g/mol. The second kappa shape index (κ2) is 28.5. The van der Waals surface area contributed by atoms with Gasteiger partial charge in [0.05, 0.1) is 12.2 Å². The molecule has 3 unspecified atom stereocenters. The number of ether oxygens (including phenoxy) is 1. The highest BCUT2D eigenvalue weighted by Crippen LogP contribution is 2.22. The van der Waals surface area contributed by atoms with Gasteiger partial charge in [-0.15, -0.1) is 0 Å². The van der Waals surface area contributed by atoms with Crippen molar-refractivity contribution in [3.05, 3.63) is 84.6 Å². The molecule has 1 rings (SSSR count). The molecule has 2 amide bonds. The number of hydrogen-bond donors (Lipinski definition) is 4. The third-order valence-corrected chi connectivity index (χ3v) is 7.95. The summed E-state index contributed by atoms with van der Waals surface area (Å²) in [6, 6.07) is -1.21. The zero-order valence-electron chi connectivity index (χ0n) is 29.8. The molecule has 0 saturated carbocycles. The summed E-state index contributed by atoms with van der Waals surface area (Å²) in [6.07, 6.45) is 38.7. The fraction of sp³-hybridized carbons (Fsp3) is 0.575. The van der Waals surface area contributed by atoms with Gasteiger partial charge in [-0.05, 0) is 96.0 Å². The third kappa shape index (κ3) is 22.1. The van der Waals surface area contributed by atoms with E-state index < -0.39 is 17.9 Å². The Hall–Kier alpha value is -3.49. The zero-order chi connectivity index (χ0) is 35.2. The summed E-state index contributed by atoms with van der Waals surface area (Å²) in [7, 11) is 0. The Morgan fingerprint density at radius 3 is 1.92 bits per heavy atom. The van der Waals surface area contributed by atoms with Crippen molar-refractivity contribution in [1.82, 2.24) is 10.6 Å². The van der Waals surface area contributed by atoms with Crippen molar-refractivity contribution in [1.29, 1.82) is 0 Å². The van der Waals surface area contributed by atoms with Crippen LogP contribution in [-0.2, 0) is 19.1 Å². The van der Waals surface area contributed by atoms with E-state index in [2.05, 4.69) is 98.2 Å². The molecule has 0 aromatic heterocycles. The molecule has 268 valence electrons. The predicted molar refractivity (Wildman–Crippen MR) is 198 cm³/mol. The molecular formula is C40H63N3O5. The molecule has 5 N–H and O–H groups in total. The minimum atomic E-state index is -1.07. The van der Waals surface area contributed by atoms with E-state index in [0.29, 0.717) is 50.6 Å². The van der Waals surface area contributed by atoms with Crippen LogP contribution in [0.2, 0.25) is 0 Å². The number of hydrogen-bond acceptors (Lipinski definition) is 5. The van der Waals surface area contributed by atoms with E-state index in [1.54, 1.807) is 6.08 Å². The van der Waals surface area contributed by atoms with Crippen LogP contribution in [-0.4, -0.2) is 53.7 Å². The number of rotatable bonds is 26. The molecule has 8 nitrogen and oxygen atoms in total. The highest BCUT2D eigenvalue weighted by molar-refractivity contribution is 5.96. The van der Waals surface area contributed by atoms with Crippen molar-refractivity contribution in [3.8, 4) is 0 Å². The number of unbranched alkanes of at least 4 members (excludes halogenated alkanes) is 1. The minimum Gasteiger partial charge on any atom is -0.480 e. The van der Waals surface area contributed by atoms with E-state index in [0.717, 1.165) is 51.4 Å². The molecule has 8 heteroatoms. The molecule has 0 aromatic carbocycles. The molecule has 1 aliphatic rings. The van der Waals surface area contributed by atoms with Crippen molar-refractivity contribution in [2.75, 3.05) is 6.54 Å². The lowest BCUT2D eigenvalue weighted by molar-refractivity contribution is -0.141. The van der Waals surface area contributed by atoms with Gasteiger partial charge in [-0.2, -0.15) is 0 Å². The lowest BCUT2D eigenvalue weighted by Crippen LogP contribution is -2.44. The van der Waals surface area contributed by atoms with Crippen LogP contribution < -0.4 is 16.4 Å². The molecule has 0 heterocycles. The topological polar surface area (TPSA) is 131 Å². The average molecular weight is 666 g/mol. The summed E-state index contributed by atoms with van der Waals surface area (Å²) < 4.78 is 6.09. The van der Waals surface area contributed by atoms with Crippen molar-refractivity contribution in [3.63, 3.8) is 0 Å². The average Bonchev–Trinajstić information content (AvgIpc) is 3.07. The Balaban J connectivity index is 2.19. The van der Waals surface area contributed by atoms with Crippen molar-refractivity contribution in [2.45, 2.75) is 141 Å². The zero-order valence-corrected chi connectivity index (χ0v) is 29.8. The van der Waals surface area contributed by atoms with Crippen LogP contribution in [0.3, 0.4) is 0 Å². The summed E-state index contributed by atoms with van der Waals surface area (Å²) >= 11 is 0. The van der Waals surface area contributed by atoms with Crippen LogP contribution >= 0.6 is 0 Å². The van der Waals surface area contributed by atoms with Crippen LogP contribution in [0.4, 0.5) is 0 Å². The van der Waals surface area contributed by atoms with Gasteiger partial charge >= 0.3 is 5.97 Å². The molecule has 3 atom stereocenters. The minimum absolute atomic E-state index is 0.0247. The van der Waals surface area contributed by atoms with E-state index in [4.69, 9.17) is 10.5 Å². The van der Waals surface area contributed by atoms with E-state index in [-0.39, 0.29) is 30.6 Å². The monoisotopic (exact) mass is 665 g/mol. The number of carboxylic acid groups (broad SMARTS) is 1. The molecule has 0 aromatic rings. The summed E-state index contributed by atoms with van der Waals surface area (Å²) in [6.45, 7) is 6.73. The summed E-state index contributed by atoms with van der Waals surface area (Å²) in [4.78, 5) is 36.9. The highest BCUT2D eigenvalue weighted by Gasteiger charge is 2.28. The van der Waals surface area contributed by atoms with E-state index in [9.17, 15) is 19.5 Å². The van der Waals surface area contributed by atoms with Gasteiger partial charge in [0.1, 0.15) is 6.04 Å². The first-order valence-corrected chi connectivity index (χ1v) is 18.1. The Morgan fingerprint density at radius 2 is 1.40 bits per heavy atom.